The quantitative estimate of drug-likeness (QED) is 0.562. The average Bonchev–Trinajstić information content (AvgIpc) is 3.28. The molecule has 4 rings (SSSR count). The van der Waals surface area contributed by atoms with Crippen LogP contribution in [0.5, 0.6) is 0 Å². The van der Waals surface area contributed by atoms with Crippen LogP contribution < -0.4 is 5.73 Å². The van der Waals surface area contributed by atoms with E-state index in [4.69, 9.17) is 10.7 Å². The number of hydrogen-bond acceptors (Lipinski definition) is 5. The molecule has 0 bridgehead atoms. The zero-order chi connectivity index (χ0) is 19.7. The summed E-state index contributed by atoms with van der Waals surface area (Å²) in [5.74, 6) is -0.439. The topological polar surface area (TPSA) is 86.7 Å². The van der Waals surface area contributed by atoms with Crippen molar-refractivity contribution in [3.05, 3.63) is 76.7 Å². The molecule has 0 unspecified atom stereocenters. The third-order valence-corrected chi connectivity index (χ3v) is 5.47. The van der Waals surface area contributed by atoms with Crippen molar-refractivity contribution in [2.45, 2.75) is 20.4 Å². The van der Waals surface area contributed by atoms with E-state index in [1.807, 2.05) is 24.4 Å². The maximum absolute atomic E-state index is 11.9. The lowest BCUT2D eigenvalue weighted by Gasteiger charge is -2.11. The Balaban J connectivity index is 1.79. The van der Waals surface area contributed by atoms with Crippen LogP contribution in [0.3, 0.4) is 0 Å². The largest absolute Gasteiger partial charge is 0.366 e. The molecule has 0 aliphatic heterocycles. The Labute approximate surface area is 166 Å². The SMILES string of the molecule is Cc1cccc(Cn2c(-c3csc(-c4cnccn4)n3)cc(C(N)=O)c2C)c1. The van der Waals surface area contributed by atoms with Crippen LogP contribution in [0.25, 0.3) is 22.1 Å². The van der Waals surface area contributed by atoms with Gasteiger partial charge in [0.05, 0.1) is 23.1 Å². The molecule has 0 fully saturated rings. The number of amides is 1. The first-order chi connectivity index (χ1) is 13.5. The average molecular weight is 389 g/mol. The molecule has 0 aliphatic rings. The Bertz CT molecular complexity index is 1150. The van der Waals surface area contributed by atoms with Gasteiger partial charge in [-0.1, -0.05) is 29.8 Å². The van der Waals surface area contributed by atoms with E-state index >= 15 is 0 Å². The van der Waals surface area contributed by atoms with E-state index in [0.29, 0.717) is 12.1 Å². The molecule has 0 aliphatic carbocycles. The minimum absolute atomic E-state index is 0.439. The van der Waals surface area contributed by atoms with Gasteiger partial charge in [0.1, 0.15) is 10.7 Å². The van der Waals surface area contributed by atoms with Gasteiger partial charge >= 0.3 is 0 Å². The highest BCUT2D eigenvalue weighted by molar-refractivity contribution is 7.13. The van der Waals surface area contributed by atoms with Gasteiger partial charge in [-0.2, -0.15) is 0 Å². The summed E-state index contributed by atoms with van der Waals surface area (Å²) in [4.78, 5) is 25.1. The number of thiazole rings is 1. The van der Waals surface area contributed by atoms with Crippen molar-refractivity contribution in [3.8, 4) is 22.1 Å². The molecule has 0 saturated heterocycles. The Morgan fingerprint density at radius 1 is 1.18 bits per heavy atom. The number of hydrogen-bond donors (Lipinski definition) is 1. The van der Waals surface area contributed by atoms with Crippen LogP contribution in [0.1, 0.15) is 27.2 Å². The Morgan fingerprint density at radius 2 is 2.04 bits per heavy atom. The number of nitrogens with two attached hydrogens (primary N) is 1. The van der Waals surface area contributed by atoms with Crippen LogP contribution in [0, 0.1) is 13.8 Å². The number of aromatic nitrogens is 4. The Hall–Kier alpha value is -3.32. The second kappa shape index (κ2) is 7.36. The Kier molecular flexibility index (Phi) is 4.75. The lowest BCUT2D eigenvalue weighted by Crippen LogP contribution is -2.12. The molecule has 140 valence electrons. The van der Waals surface area contributed by atoms with Crippen LogP contribution in [0.15, 0.2) is 54.3 Å². The van der Waals surface area contributed by atoms with Crippen molar-refractivity contribution in [1.82, 2.24) is 19.5 Å². The van der Waals surface area contributed by atoms with E-state index in [0.717, 1.165) is 33.3 Å². The highest BCUT2D eigenvalue weighted by Crippen LogP contribution is 2.31. The normalized spacial score (nSPS) is 10.9. The number of primary amides is 1. The van der Waals surface area contributed by atoms with Gasteiger partial charge < -0.3 is 10.3 Å². The maximum Gasteiger partial charge on any atom is 0.250 e. The van der Waals surface area contributed by atoms with E-state index in [9.17, 15) is 4.79 Å². The predicted molar refractivity (Wildman–Crippen MR) is 110 cm³/mol. The highest BCUT2D eigenvalue weighted by atomic mass is 32.1. The fraction of sp³-hybridized carbons (Fsp3) is 0.143. The van der Waals surface area contributed by atoms with Crippen molar-refractivity contribution in [2.24, 2.45) is 5.73 Å². The van der Waals surface area contributed by atoms with Crippen LogP contribution >= 0.6 is 11.3 Å². The van der Waals surface area contributed by atoms with Crippen LogP contribution in [-0.2, 0) is 6.54 Å². The highest BCUT2D eigenvalue weighted by Gasteiger charge is 2.19. The molecule has 0 saturated carbocycles. The molecule has 0 atom stereocenters. The van der Waals surface area contributed by atoms with Gasteiger partial charge in [0.2, 0.25) is 0 Å². The van der Waals surface area contributed by atoms with Gasteiger partial charge in [0.15, 0.2) is 0 Å². The first-order valence-corrected chi connectivity index (χ1v) is 9.68. The molecule has 1 aromatic carbocycles. The summed E-state index contributed by atoms with van der Waals surface area (Å²) >= 11 is 1.50. The van der Waals surface area contributed by atoms with E-state index in [2.05, 4.69) is 39.7 Å². The first-order valence-electron chi connectivity index (χ1n) is 8.80. The summed E-state index contributed by atoms with van der Waals surface area (Å²) in [6.45, 7) is 4.61. The van der Waals surface area contributed by atoms with Crippen molar-refractivity contribution < 1.29 is 4.79 Å². The molecule has 7 heteroatoms. The summed E-state index contributed by atoms with van der Waals surface area (Å²) in [7, 11) is 0. The second-order valence-electron chi connectivity index (χ2n) is 6.60. The predicted octanol–water partition coefficient (Wildman–Crippen LogP) is 3.83. The number of aryl methyl sites for hydroxylation is 1. The standard InChI is InChI=1S/C21H19N5OS/c1-13-4-3-5-15(8-13)11-26-14(2)16(20(22)27)9-19(26)18-12-28-21(25-18)17-10-23-6-7-24-17/h3-10,12H,11H2,1-2H3,(H2,22,27). The molecule has 28 heavy (non-hydrogen) atoms. The summed E-state index contributed by atoms with van der Waals surface area (Å²) in [6.07, 6.45) is 4.97. The first kappa shape index (κ1) is 18.1. The fourth-order valence-electron chi connectivity index (χ4n) is 3.22. The summed E-state index contributed by atoms with van der Waals surface area (Å²) < 4.78 is 2.09. The van der Waals surface area contributed by atoms with Crippen LogP contribution in [0.4, 0.5) is 0 Å². The van der Waals surface area contributed by atoms with Gasteiger partial charge in [0, 0.05) is 30.0 Å². The fourth-order valence-corrected chi connectivity index (χ4v) is 4.00. The van der Waals surface area contributed by atoms with Crippen molar-refractivity contribution in [2.75, 3.05) is 0 Å². The lowest BCUT2D eigenvalue weighted by molar-refractivity contribution is 0.0999. The van der Waals surface area contributed by atoms with E-state index in [1.165, 1.54) is 16.9 Å². The molecule has 3 aromatic heterocycles. The van der Waals surface area contributed by atoms with Crippen molar-refractivity contribution >= 4 is 17.2 Å². The zero-order valence-corrected chi connectivity index (χ0v) is 16.4. The Morgan fingerprint density at radius 3 is 2.75 bits per heavy atom. The smallest absolute Gasteiger partial charge is 0.250 e. The third-order valence-electron chi connectivity index (χ3n) is 4.60. The number of rotatable bonds is 5. The van der Waals surface area contributed by atoms with E-state index < -0.39 is 5.91 Å². The molecular formula is C21H19N5OS. The summed E-state index contributed by atoms with van der Waals surface area (Å²) in [6, 6.07) is 10.1. The summed E-state index contributed by atoms with van der Waals surface area (Å²) in [5.41, 5.74) is 11.7. The zero-order valence-electron chi connectivity index (χ0n) is 15.6. The minimum Gasteiger partial charge on any atom is -0.366 e. The van der Waals surface area contributed by atoms with Gasteiger partial charge in [-0.15, -0.1) is 11.3 Å². The van der Waals surface area contributed by atoms with Gasteiger partial charge in [-0.3, -0.25) is 14.8 Å². The van der Waals surface area contributed by atoms with Crippen LogP contribution in [-0.4, -0.2) is 25.4 Å². The van der Waals surface area contributed by atoms with Gasteiger partial charge in [-0.05, 0) is 25.5 Å². The van der Waals surface area contributed by atoms with Crippen molar-refractivity contribution in [3.63, 3.8) is 0 Å². The second-order valence-corrected chi connectivity index (χ2v) is 7.45. The van der Waals surface area contributed by atoms with E-state index in [-0.39, 0.29) is 0 Å². The third kappa shape index (κ3) is 3.44. The molecule has 4 aromatic rings. The monoisotopic (exact) mass is 389 g/mol. The van der Waals surface area contributed by atoms with Crippen LogP contribution in [0.2, 0.25) is 0 Å². The van der Waals surface area contributed by atoms with Crippen molar-refractivity contribution in [1.29, 1.82) is 0 Å². The molecule has 1 amide bonds. The molecule has 6 nitrogen and oxygen atoms in total. The molecule has 3 heterocycles. The molecule has 2 N–H and O–H groups in total. The molecular weight excluding hydrogens is 370 g/mol. The number of carbonyl (C=O) groups is 1. The van der Waals surface area contributed by atoms with Gasteiger partial charge in [-0.25, -0.2) is 4.98 Å². The minimum atomic E-state index is -0.439. The maximum atomic E-state index is 11.9. The number of benzene rings is 1. The lowest BCUT2D eigenvalue weighted by atomic mass is 10.1. The van der Waals surface area contributed by atoms with E-state index in [1.54, 1.807) is 18.6 Å². The molecule has 0 spiro atoms. The van der Waals surface area contributed by atoms with Gasteiger partial charge in [0.25, 0.3) is 5.91 Å². The summed E-state index contributed by atoms with van der Waals surface area (Å²) in [5, 5.41) is 2.75. The number of carbonyl (C=O) groups excluding carboxylic acids is 1. The molecule has 0 radical (unpaired) electrons. The number of nitrogens with zero attached hydrogens (tertiary/aromatic N) is 4.